The summed E-state index contributed by atoms with van der Waals surface area (Å²) in [5.41, 5.74) is 1.79. The molecule has 2 aromatic rings. The molecule has 1 saturated carbocycles. The topological polar surface area (TPSA) is 120 Å². The maximum absolute atomic E-state index is 14.7. The Labute approximate surface area is 266 Å². The third-order valence-corrected chi connectivity index (χ3v) is 8.64. The molecule has 2 atom stereocenters. The Morgan fingerprint density at radius 3 is 2.47 bits per heavy atom. The number of methoxy groups -OCH3 is 3. The zero-order valence-corrected chi connectivity index (χ0v) is 27.2. The molecule has 11 heteroatoms. The lowest BCUT2D eigenvalue weighted by Gasteiger charge is -2.47. The van der Waals surface area contributed by atoms with Crippen LogP contribution in [0.15, 0.2) is 36.5 Å². The second-order valence-electron chi connectivity index (χ2n) is 11.8. The van der Waals surface area contributed by atoms with Crippen molar-refractivity contribution in [1.82, 2.24) is 14.8 Å². The third kappa shape index (κ3) is 9.08. The van der Waals surface area contributed by atoms with E-state index >= 15 is 0 Å². The number of carbonyl (C=O) groups excluding carboxylic acids is 1. The Hall–Kier alpha value is -3.41. The second kappa shape index (κ2) is 16.8. The molecule has 1 N–H and O–H groups in total. The molecule has 2 heterocycles. The summed E-state index contributed by atoms with van der Waals surface area (Å²) in [7, 11) is 4.93. The number of ether oxygens (including phenoxy) is 5. The van der Waals surface area contributed by atoms with Crippen molar-refractivity contribution in [2.24, 2.45) is 5.92 Å². The molecule has 1 aromatic heterocycles. The highest BCUT2D eigenvalue weighted by Gasteiger charge is 2.52. The summed E-state index contributed by atoms with van der Waals surface area (Å²) in [4.78, 5) is 34.5. The van der Waals surface area contributed by atoms with Crippen LogP contribution in [-0.4, -0.2) is 98.8 Å². The Kier molecular flexibility index (Phi) is 12.8. The van der Waals surface area contributed by atoms with Crippen LogP contribution in [0.5, 0.6) is 11.6 Å². The van der Waals surface area contributed by atoms with Crippen LogP contribution < -0.4 is 9.47 Å². The predicted octanol–water partition coefficient (Wildman–Crippen LogP) is 4.90. The Bertz CT molecular complexity index is 1230. The van der Waals surface area contributed by atoms with Gasteiger partial charge in [0.1, 0.15) is 18.0 Å². The van der Waals surface area contributed by atoms with E-state index < -0.39 is 17.6 Å². The highest BCUT2D eigenvalue weighted by molar-refractivity contribution is 5.82. The van der Waals surface area contributed by atoms with Crippen LogP contribution in [0.1, 0.15) is 62.1 Å². The second-order valence-corrected chi connectivity index (χ2v) is 11.8. The highest BCUT2D eigenvalue weighted by Crippen LogP contribution is 2.44. The molecule has 1 aliphatic carbocycles. The monoisotopic (exact) mass is 627 g/mol. The summed E-state index contributed by atoms with van der Waals surface area (Å²) in [6, 6.07) is 9.90. The number of unbranched alkanes of at least 4 members (excludes halogenated alkanes) is 1. The van der Waals surface area contributed by atoms with Gasteiger partial charge >= 0.3 is 6.09 Å². The summed E-state index contributed by atoms with van der Waals surface area (Å²) in [5.74, 6) is 0.312. The molecule has 0 spiro atoms. The summed E-state index contributed by atoms with van der Waals surface area (Å²) in [5, 5.41) is 9.95. The van der Waals surface area contributed by atoms with Gasteiger partial charge in [0.25, 0.3) is 0 Å². The lowest BCUT2D eigenvalue weighted by Crippen LogP contribution is -2.58. The van der Waals surface area contributed by atoms with Gasteiger partial charge in [0.2, 0.25) is 11.8 Å². The first-order chi connectivity index (χ1) is 21.8. The first kappa shape index (κ1) is 34.5. The Balaban J connectivity index is 1.66. The van der Waals surface area contributed by atoms with Gasteiger partial charge in [-0.05, 0) is 73.4 Å². The van der Waals surface area contributed by atoms with Crippen LogP contribution in [0.3, 0.4) is 0 Å². The van der Waals surface area contributed by atoms with Gasteiger partial charge in [-0.1, -0.05) is 19.4 Å². The number of piperidine rings is 1. The van der Waals surface area contributed by atoms with Crippen molar-refractivity contribution in [1.29, 1.82) is 0 Å². The molecule has 2 amide bonds. The van der Waals surface area contributed by atoms with Gasteiger partial charge in [-0.2, -0.15) is 0 Å². The number of rotatable bonds is 18. The first-order valence-electron chi connectivity index (χ1n) is 16.0. The molecule has 11 nitrogen and oxygen atoms in total. The molecule has 45 heavy (non-hydrogen) atoms. The summed E-state index contributed by atoms with van der Waals surface area (Å²) in [6.45, 7) is 4.83. The normalized spacial score (nSPS) is 19.7. The number of nitrogens with zero attached hydrogens (tertiary/aromatic N) is 3. The number of likely N-dealkylation sites (tertiary alicyclic amines) is 1. The fraction of sp³-hybridized carbons (Fsp3) is 0.618. The van der Waals surface area contributed by atoms with Crippen molar-refractivity contribution < 1.29 is 38.4 Å². The Morgan fingerprint density at radius 1 is 1.00 bits per heavy atom. The minimum Gasteiger partial charge on any atom is -0.491 e. The maximum atomic E-state index is 14.7. The molecule has 0 bridgehead atoms. The SMILES string of the molecule is CCCCOc1cc([C@@]2(OC)CCN(C(=O)O)C[C@@H]2C(=O)N(Cc2cc(CCCOC)cc(OCCOC)c2)C2CC2)ccn1. The number of pyridine rings is 1. The smallest absolute Gasteiger partial charge is 0.407 e. The molecule has 1 aliphatic heterocycles. The summed E-state index contributed by atoms with van der Waals surface area (Å²) < 4.78 is 28.6. The van der Waals surface area contributed by atoms with Gasteiger partial charge < -0.3 is 38.6 Å². The van der Waals surface area contributed by atoms with Crippen molar-refractivity contribution in [3.8, 4) is 11.6 Å². The highest BCUT2D eigenvalue weighted by atomic mass is 16.5. The molecule has 0 unspecified atom stereocenters. The number of hydrogen-bond donors (Lipinski definition) is 1. The number of hydrogen-bond acceptors (Lipinski definition) is 8. The van der Waals surface area contributed by atoms with E-state index in [0.29, 0.717) is 45.3 Å². The summed E-state index contributed by atoms with van der Waals surface area (Å²) in [6.07, 6.45) is 6.32. The van der Waals surface area contributed by atoms with Crippen LogP contribution in [0.25, 0.3) is 0 Å². The standard InChI is InChI=1S/C34H49N3O8/c1-5-6-16-45-31-22-27(11-13-35-31)34(43-4)12-14-36(33(39)40)24-30(34)32(38)37(28-9-10-28)23-26-19-25(8-7-15-41-2)20-29(21-26)44-18-17-42-3/h11,13,19-22,28,30H,5-10,12,14-18,23-24H2,1-4H3,(H,39,40)/t30-,34+/m1/s1. The van der Waals surface area contributed by atoms with E-state index in [1.54, 1.807) is 27.5 Å². The average Bonchev–Trinajstić information content (AvgIpc) is 3.89. The molecule has 4 rings (SSSR count). The van der Waals surface area contributed by atoms with Crippen LogP contribution in [0.4, 0.5) is 4.79 Å². The predicted molar refractivity (Wildman–Crippen MR) is 169 cm³/mol. The number of aryl methyl sites for hydroxylation is 1. The van der Waals surface area contributed by atoms with Gasteiger partial charge in [-0.3, -0.25) is 4.79 Å². The van der Waals surface area contributed by atoms with E-state index in [9.17, 15) is 14.7 Å². The van der Waals surface area contributed by atoms with Gasteiger partial charge in [0.15, 0.2) is 0 Å². The molecule has 1 saturated heterocycles. The Morgan fingerprint density at radius 2 is 1.78 bits per heavy atom. The molecule has 2 fully saturated rings. The van der Waals surface area contributed by atoms with E-state index in [0.717, 1.165) is 61.0 Å². The fourth-order valence-corrected chi connectivity index (χ4v) is 6.05. The number of aromatic nitrogens is 1. The minimum atomic E-state index is -1.05. The fourth-order valence-electron chi connectivity index (χ4n) is 6.05. The molecule has 2 aliphatic rings. The number of carboxylic acid groups (broad SMARTS) is 1. The van der Waals surface area contributed by atoms with Crippen LogP contribution >= 0.6 is 0 Å². The lowest BCUT2D eigenvalue weighted by atomic mass is 9.75. The van der Waals surface area contributed by atoms with E-state index in [4.69, 9.17) is 23.7 Å². The van der Waals surface area contributed by atoms with Crippen molar-refractivity contribution in [2.75, 3.05) is 60.8 Å². The molecular formula is C34H49N3O8. The van der Waals surface area contributed by atoms with Crippen molar-refractivity contribution in [3.05, 3.63) is 53.2 Å². The third-order valence-electron chi connectivity index (χ3n) is 8.64. The molecule has 248 valence electrons. The molecule has 0 radical (unpaired) electrons. The van der Waals surface area contributed by atoms with Gasteiger partial charge in [0, 0.05) is 65.9 Å². The van der Waals surface area contributed by atoms with E-state index in [1.165, 1.54) is 4.90 Å². The van der Waals surface area contributed by atoms with E-state index in [1.807, 2.05) is 29.2 Å². The zero-order valence-electron chi connectivity index (χ0n) is 27.2. The first-order valence-corrected chi connectivity index (χ1v) is 16.0. The maximum Gasteiger partial charge on any atom is 0.407 e. The van der Waals surface area contributed by atoms with E-state index in [2.05, 4.69) is 18.0 Å². The number of amides is 2. The number of carbonyl (C=O) groups is 2. The van der Waals surface area contributed by atoms with Crippen molar-refractivity contribution in [3.63, 3.8) is 0 Å². The van der Waals surface area contributed by atoms with Crippen molar-refractivity contribution >= 4 is 12.0 Å². The van der Waals surface area contributed by atoms with E-state index in [-0.39, 0.29) is 25.0 Å². The van der Waals surface area contributed by atoms with Gasteiger partial charge in [-0.15, -0.1) is 0 Å². The van der Waals surface area contributed by atoms with Gasteiger partial charge in [0.05, 0.1) is 19.1 Å². The minimum absolute atomic E-state index is 0.0298. The zero-order chi connectivity index (χ0) is 32.2. The molecular weight excluding hydrogens is 578 g/mol. The average molecular weight is 628 g/mol. The quantitative estimate of drug-likeness (QED) is 0.230. The number of benzene rings is 1. The lowest BCUT2D eigenvalue weighted by molar-refractivity contribution is -0.159. The van der Waals surface area contributed by atoms with Crippen LogP contribution in [0, 0.1) is 5.92 Å². The van der Waals surface area contributed by atoms with Crippen LogP contribution in [-0.2, 0) is 37.6 Å². The molecule has 1 aromatic carbocycles. The van der Waals surface area contributed by atoms with Crippen LogP contribution in [0.2, 0.25) is 0 Å². The van der Waals surface area contributed by atoms with Gasteiger partial charge in [-0.25, -0.2) is 9.78 Å². The van der Waals surface area contributed by atoms with Crippen molar-refractivity contribution in [2.45, 2.75) is 70.1 Å². The summed E-state index contributed by atoms with van der Waals surface area (Å²) >= 11 is 0. The largest absolute Gasteiger partial charge is 0.491 e.